The molecule has 0 saturated heterocycles. The van der Waals surface area contributed by atoms with E-state index in [1.807, 2.05) is 0 Å². The molecule has 1 aromatic heterocycles. The number of para-hydroxylation sites is 2. The molecule has 0 saturated carbocycles. The smallest absolute Gasteiger partial charge is 0.0546 e. The van der Waals surface area contributed by atoms with E-state index >= 15 is 0 Å². The summed E-state index contributed by atoms with van der Waals surface area (Å²) in [6.45, 7) is 0. The first-order chi connectivity index (χ1) is 29.7. The van der Waals surface area contributed by atoms with E-state index in [2.05, 4.69) is 252 Å². The van der Waals surface area contributed by atoms with E-state index in [-0.39, 0.29) is 0 Å². The lowest BCUT2D eigenvalue weighted by atomic mass is 9.95. The molecular formula is C58H40N2. The summed E-state index contributed by atoms with van der Waals surface area (Å²) in [7, 11) is 0. The number of rotatable bonds is 8. The second-order valence-corrected chi connectivity index (χ2v) is 15.4. The van der Waals surface area contributed by atoms with Crippen molar-refractivity contribution in [3.8, 4) is 50.2 Å². The number of hydrogen-bond acceptors (Lipinski definition) is 1. The molecule has 11 aromatic rings. The molecule has 0 aliphatic heterocycles. The predicted molar refractivity (Wildman–Crippen MR) is 255 cm³/mol. The summed E-state index contributed by atoms with van der Waals surface area (Å²) in [5.74, 6) is 0. The van der Waals surface area contributed by atoms with Gasteiger partial charge in [-0.2, -0.15) is 0 Å². The maximum atomic E-state index is 2.42. The maximum absolute atomic E-state index is 2.42. The Hall–Kier alpha value is -7.94. The summed E-state index contributed by atoms with van der Waals surface area (Å²) >= 11 is 0. The topological polar surface area (TPSA) is 8.17 Å². The molecule has 0 aliphatic carbocycles. The summed E-state index contributed by atoms with van der Waals surface area (Å²) in [5.41, 5.74) is 16.3. The molecule has 0 bridgehead atoms. The molecule has 1 heterocycles. The standard InChI is InChI=1S/C58H40N2/c1-3-13-41(14-4-1)43-23-25-44(26-24-43)45-29-32-50(33-30-45)59(51-34-36-52(37-35-51)60-56-21-11-9-19-54(56)55-20-10-12-22-57(55)60)58-40-49(31-38-53(58)46-16-5-2-6-17-46)48-28-27-42-15-7-8-18-47(42)39-48/h1-40H. The Bertz CT molecular complexity index is 3220. The van der Waals surface area contributed by atoms with E-state index in [0.29, 0.717) is 0 Å². The van der Waals surface area contributed by atoms with Crippen LogP contribution in [0.4, 0.5) is 17.1 Å². The average Bonchev–Trinajstić information content (AvgIpc) is 3.67. The molecular weight excluding hydrogens is 725 g/mol. The summed E-state index contributed by atoms with van der Waals surface area (Å²) < 4.78 is 2.38. The van der Waals surface area contributed by atoms with Crippen LogP contribution in [0.2, 0.25) is 0 Å². The summed E-state index contributed by atoms with van der Waals surface area (Å²) in [6, 6.07) is 88.0. The SMILES string of the molecule is c1ccc(-c2ccc(-c3ccc(N(c4ccc(-n5c6ccccc6c6ccccc65)cc4)c4cc(-c5ccc6ccccc6c5)ccc4-c4ccccc4)cc3)cc2)cc1. The number of aromatic nitrogens is 1. The minimum atomic E-state index is 1.08. The second-order valence-electron chi connectivity index (χ2n) is 15.4. The predicted octanol–water partition coefficient (Wildman–Crippen LogP) is 16.1. The quantitative estimate of drug-likeness (QED) is 0.150. The zero-order chi connectivity index (χ0) is 39.8. The lowest BCUT2D eigenvalue weighted by molar-refractivity contribution is 1.17. The molecule has 0 spiro atoms. The first-order valence-electron chi connectivity index (χ1n) is 20.6. The molecule has 60 heavy (non-hydrogen) atoms. The molecule has 0 radical (unpaired) electrons. The highest BCUT2D eigenvalue weighted by atomic mass is 15.1. The van der Waals surface area contributed by atoms with Gasteiger partial charge in [-0.25, -0.2) is 0 Å². The first-order valence-corrected chi connectivity index (χ1v) is 20.6. The maximum Gasteiger partial charge on any atom is 0.0546 e. The first kappa shape index (κ1) is 35.2. The largest absolute Gasteiger partial charge is 0.310 e. The van der Waals surface area contributed by atoms with Crippen LogP contribution in [0.3, 0.4) is 0 Å². The van der Waals surface area contributed by atoms with Crippen LogP contribution in [-0.4, -0.2) is 4.57 Å². The van der Waals surface area contributed by atoms with Crippen molar-refractivity contribution in [2.75, 3.05) is 4.90 Å². The average molecular weight is 765 g/mol. The van der Waals surface area contributed by atoms with Gasteiger partial charge >= 0.3 is 0 Å². The van der Waals surface area contributed by atoms with E-state index in [0.717, 1.165) is 33.9 Å². The van der Waals surface area contributed by atoms with Crippen molar-refractivity contribution < 1.29 is 0 Å². The van der Waals surface area contributed by atoms with Gasteiger partial charge in [0.05, 0.1) is 16.7 Å². The van der Waals surface area contributed by atoms with Crippen LogP contribution in [0.15, 0.2) is 243 Å². The van der Waals surface area contributed by atoms with Crippen LogP contribution in [-0.2, 0) is 0 Å². The van der Waals surface area contributed by atoms with Crippen molar-refractivity contribution in [1.82, 2.24) is 4.57 Å². The molecule has 0 unspecified atom stereocenters. The summed E-state index contributed by atoms with van der Waals surface area (Å²) in [5, 5.41) is 4.98. The number of hydrogen-bond donors (Lipinski definition) is 0. The van der Waals surface area contributed by atoms with E-state index in [9.17, 15) is 0 Å². The molecule has 11 rings (SSSR count). The molecule has 0 aliphatic rings. The highest BCUT2D eigenvalue weighted by Gasteiger charge is 2.20. The number of anilines is 3. The lowest BCUT2D eigenvalue weighted by Gasteiger charge is -2.29. The fraction of sp³-hybridized carbons (Fsp3) is 0. The van der Waals surface area contributed by atoms with Crippen molar-refractivity contribution in [3.05, 3.63) is 243 Å². The van der Waals surface area contributed by atoms with Gasteiger partial charge in [0.25, 0.3) is 0 Å². The second kappa shape index (κ2) is 15.1. The van der Waals surface area contributed by atoms with Crippen LogP contribution in [0.25, 0.3) is 82.8 Å². The summed E-state index contributed by atoms with van der Waals surface area (Å²) in [6.07, 6.45) is 0. The third kappa shape index (κ3) is 6.41. The van der Waals surface area contributed by atoms with Gasteiger partial charge < -0.3 is 9.47 Å². The van der Waals surface area contributed by atoms with E-state index in [1.54, 1.807) is 0 Å². The number of nitrogens with zero attached hydrogens (tertiary/aromatic N) is 2. The molecule has 2 heteroatoms. The zero-order valence-corrected chi connectivity index (χ0v) is 33.0. The van der Waals surface area contributed by atoms with E-state index in [4.69, 9.17) is 0 Å². The van der Waals surface area contributed by atoms with Crippen molar-refractivity contribution in [2.45, 2.75) is 0 Å². The van der Waals surface area contributed by atoms with Crippen molar-refractivity contribution in [3.63, 3.8) is 0 Å². The molecule has 2 nitrogen and oxygen atoms in total. The Morgan fingerprint density at radius 2 is 0.717 bits per heavy atom. The minimum absolute atomic E-state index is 1.08. The van der Waals surface area contributed by atoms with Gasteiger partial charge in [-0.05, 0) is 110 Å². The Labute approximate surface area is 350 Å². The highest BCUT2D eigenvalue weighted by molar-refractivity contribution is 6.09. The zero-order valence-electron chi connectivity index (χ0n) is 33.0. The van der Waals surface area contributed by atoms with Gasteiger partial charge in [-0.1, -0.05) is 182 Å². The lowest BCUT2D eigenvalue weighted by Crippen LogP contribution is -2.11. The monoisotopic (exact) mass is 764 g/mol. The van der Waals surface area contributed by atoms with Crippen LogP contribution in [0.5, 0.6) is 0 Å². The van der Waals surface area contributed by atoms with Gasteiger partial charge in [0.2, 0.25) is 0 Å². The molecule has 0 fully saturated rings. The van der Waals surface area contributed by atoms with Gasteiger partial charge in [-0.15, -0.1) is 0 Å². The Morgan fingerprint density at radius 3 is 1.33 bits per heavy atom. The van der Waals surface area contributed by atoms with Gasteiger partial charge in [0.15, 0.2) is 0 Å². The van der Waals surface area contributed by atoms with E-state index in [1.165, 1.54) is 66.0 Å². The fourth-order valence-electron chi connectivity index (χ4n) is 8.79. The third-order valence-electron chi connectivity index (χ3n) is 11.8. The minimum Gasteiger partial charge on any atom is -0.310 e. The Balaban J connectivity index is 1.07. The summed E-state index contributed by atoms with van der Waals surface area (Å²) in [4.78, 5) is 2.42. The van der Waals surface area contributed by atoms with Gasteiger partial charge in [-0.3, -0.25) is 0 Å². The molecule has 0 amide bonds. The molecule has 10 aromatic carbocycles. The van der Waals surface area contributed by atoms with Gasteiger partial charge in [0.1, 0.15) is 0 Å². The van der Waals surface area contributed by atoms with Crippen molar-refractivity contribution >= 4 is 49.6 Å². The van der Waals surface area contributed by atoms with Crippen molar-refractivity contribution in [2.24, 2.45) is 0 Å². The van der Waals surface area contributed by atoms with Crippen LogP contribution < -0.4 is 4.90 Å². The fourth-order valence-corrected chi connectivity index (χ4v) is 8.79. The van der Waals surface area contributed by atoms with Crippen LogP contribution >= 0.6 is 0 Å². The Morgan fingerprint density at radius 1 is 0.283 bits per heavy atom. The molecule has 282 valence electrons. The molecule has 0 atom stereocenters. The Kier molecular flexibility index (Phi) is 8.87. The van der Waals surface area contributed by atoms with Gasteiger partial charge in [0, 0.05) is 33.4 Å². The van der Waals surface area contributed by atoms with Crippen LogP contribution in [0.1, 0.15) is 0 Å². The third-order valence-corrected chi connectivity index (χ3v) is 11.8. The molecule has 0 N–H and O–H groups in total. The number of fused-ring (bicyclic) bond motifs is 4. The van der Waals surface area contributed by atoms with Crippen LogP contribution in [0, 0.1) is 0 Å². The normalized spacial score (nSPS) is 11.3. The number of benzene rings is 10. The van der Waals surface area contributed by atoms with Crippen molar-refractivity contribution in [1.29, 1.82) is 0 Å². The van der Waals surface area contributed by atoms with E-state index < -0.39 is 0 Å². The highest BCUT2D eigenvalue weighted by Crippen LogP contribution is 2.44.